The summed E-state index contributed by atoms with van der Waals surface area (Å²) in [6.07, 6.45) is 0. The molecule has 0 radical (unpaired) electrons. The van der Waals surface area contributed by atoms with Crippen molar-refractivity contribution in [3.05, 3.63) is 54.2 Å². The molecule has 1 aromatic heterocycles. The van der Waals surface area contributed by atoms with E-state index in [1.54, 1.807) is 13.8 Å². The first-order valence-corrected chi connectivity index (χ1v) is 7.88. The number of carboxylic acids is 1. The van der Waals surface area contributed by atoms with Crippen molar-refractivity contribution < 1.29 is 14.6 Å². The van der Waals surface area contributed by atoms with Crippen LogP contribution in [0.1, 0.15) is 19.5 Å². The van der Waals surface area contributed by atoms with Crippen LogP contribution in [0.2, 0.25) is 0 Å². The van der Waals surface area contributed by atoms with E-state index in [4.69, 9.17) is 4.74 Å². The van der Waals surface area contributed by atoms with Gasteiger partial charge in [0.15, 0.2) is 5.60 Å². The summed E-state index contributed by atoms with van der Waals surface area (Å²) in [7, 11) is 2.03. The van der Waals surface area contributed by atoms with Crippen LogP contribution >= 0.6 is 0 Å². The summed E-state index contributed by atoms with van der Waals surface area (Å²) in [6.45, 7) is 5.19. The third-order valence-electron chi connectivity index (χ3n) is 4.41. The van der Waals surface area contributed by atoms with Gasteiger partial charge in [-0.15, -0.1) is 0 Å². The Kier molecular flexibility index (Phi) is 3.84. The molecular weight excluding hydrogens is 302 g/mol. The zero-order valence-corrected chi connectivity index (χ0v) is 14.3. The summed E-state index contributed by atoms with van der Waals surface area (Å²) in [5.74, 6) is -0.437. The van der Waals surface area contributed by atoms with Crippen LogP contribution in [0.25, 0.3) is 22.0 Å². The van der Waals surface area contributed by atoms with E-state index in [1.165, 1.54) is 0 Å². The second-order valence-electron chi connectivity index (χ2n) is 6.48. The van der Waals surface area contributed by atoms with Crippen LogP contribution in [0.15, 0.2) is 48.5 Å². The molecular formula is C20H21NO3. The number of hydrogen-bond donors (Lipinski definition) is 1. The molecule has 2 aromatic carbocycles. The summed E-state index contributed by atoms with van der Waals surface area (Å²) in [4.78, 5) is 11.3. The minimum absolute atomic E-state index is 0.553. The number of ether oxygens (including phenoxy) is 1. The van der Waals surface area contributed by atoms with Gasteiger partial charge in [-0.25, -0.2) is 4.79 Å². The minimum atomic E-state index is -1.27. The van der Waals surface area contributed by atoms with Crippen molar-refractivity contribution in [2.24, 2.45) is 7.05 Å². The molecule has 124 valence electrons. The lowest BCUT2D eigenvalue weighted by Gasteiger charge is -2.21. The number of carbonyl (C=O) groups is 1. The fourth-order valence-electron chi connectivity index (χ4n) is 2.92. The lowest BCUT2D eigenvalue weighted by Crippen LogP contribution is -2.37. The molecule has 0 aliphatic rings. The molecule has 1 N–H and O–H groups in total. The van der Waals surface area contributed by atoms with Crippen LogP contribution in [0.5, 0.6) is 5.75 Å². The van der Waals surface area contributed by atoms with Crippen molar-refractivity contribution in [2.45, 2.75) is 26.4 Å². The molecule has 0 aliphatic carbocycles. The highest BCUT2D eigenvalue weighted by Crippen LogP contribution is 2.36. The number of nitrogens with zero attached hydrogens (tertiary/aromatic N) is 1. The predicted molar refractivity (Wildman–Crippen MR) is 95.4 cm³/mol. The molecule has 0 atom stereocenters. The van der Waals surface area contributed by atoms with E-state index >= 15 is 0 Å². The summed E-state index contributed by atoms with van der Waals surface area (Å²) in [5, 5.41) is 10.3. The molecule has 4 nitrogen and oxygen atoms in total. The zero-order chi connectivity index (χ0) is 17.5. The maximum absolute atomic E-state index is 11.3. The van der Waals surface area contributed by atoms with Crippen LogP contribution in [-0.4, -0.2) is 21.2 Å². The van der Waals surface area contributed by atoms with Crippen molar-refractivity contribution in [1.29, 1.82) is 0 Å². The normalized spacial score (nSPS) is 11.7. The predicted octanol–water partition coefficient (Wildman–Crippen LogP) is 4.40. The largest absolute Gasteiger partial charge is 0.478 e. The molecule has 0 aliphatic heterocycles. The Hall–Kier alpha value is -2.75. The van der Waals surface area contributed by atoms with Crippen molar-refractivity contribution in [3.63, 3.8) is 0 Å². The molecule has 0 fully saturated rings. The van der Waals surface area contributed by atoms with Gasteiger partial charge in [0.1, 0.15) is 5.75 Å². The number of carboxylic acid groups (broad SMARTS) is 1. The first-order valence-electron chi connectivity index (χ1n) is 7.88. The van der Waals surface area contributed by atoms with Gasteiger partial charge in [-0.1, -0.05) is 30.3 Å². The van der Waals surface area contributed by atoms with Crippen molar-refractivity contribution in [3.8, 4) is 16.9 Å². The Labute approximate surface area is 141 Å². The topological polar surface area (TPSA) is 51.5 Å². The number of rotatable bonds is 4. The molecule has 24 heavy (non-hydrogen) atoms. The highest BCUT2D eigenvalue weighted by molar-refractivity contribution is 5.98. The first kappa shape index (κ1) is 16.1. The molecule has 3 rings (SSSR count). The first-order chi connectivity index (χ1) is 11.3. The zero-order valence-electron chi connectivity index (χ0n) is 14.3. The molecule has 0 amide bonds. The van der Waals surface area contributed by atoms with E-state index in [-0.39, 0.29) is 0 Å². The quantitative estimate of drug-likeness (QED) is 0.774. The Morgan fingerprint density at radius 2 is 1.79 bits per heavy atom. The van der Waals surface area contributed by atoms with Crippen molar-refractivity contribution >= 4 is 16.9 Å². The number of fused-ring (bicyclic) bond motifs is 1. The second kappa shape index (κ2) is 5.71. The molecule has 3 aromatic rings. The molecule has 0 saturated carbocycles. The highest BCUT2D eigenvalue weighted by Gasteiger charge is 2.29. The SMILES string of the molecule is Cc1c(-c2ccccc2)c2cc(OC(C)(C)C(=O)O)ccc2n1C. The Bertz CT molecular complexity index is 908. The summed E-state index contributed by atoms with van der Waals surface area (Å²) in [5.41, 5.74) is 3.25. The third-order valence-corrected chi connectivity index (χ3v) is 4.41. The molecule has 0 spiro atoms. The molecule has 0 saturated heterocycles. The van der Waals surface area contributed by atoms with Gasteiger partial charge < -0.3 is 14.4 Å². The van der Waals surface area contributed by atoms with E-state index in [9.17, 15) is 9.90 Å². The summed E-state index contributed by atoms with van der Waals surface area (Å²) < 4.78 is 7.85. The lowest BCUT2D eigenvalue weighted by molar-refractivity contribution is -0.152. The van der Waals surface area contributed by atoms with E-state index < -0.39 is 11.6 Å². The van der Waals surface area contributed by atoms with Gasteiger partial charge >= 0.3 is 5.97 Å². The number of aromatic nitrogens is 1. The number of aryl methyl sites for hydroxylation is 1. The monoisotopic (exact) mass is 323 g/mol. The van der Waals surface area contributed by atoms with Gasteiger partial charge in [0, 0.05) is 29.2 Å². The molecule has 0 bridgehead atoms. The van der Waals surface area contributed by atoms with Gasteiger partial charge in [0.05, 0.1) is 0 Å². The average Bonchev–Trinajstić information content (AvgIpc) is 2.79. The second-order valence-corrected chi connectivity index (χ2v) is 6.48. The Balaban J connectivity index is 2.17. The van der Waals surface area contributed by atoms with Crippen LogP contribution < -0.4 is 4.74 Å². The third kappa shape index (κ3) is 2.64. The van der Waals surface area contributed by atoms with E-state index in [1.807, 2.05) is 43.4 Å². The van der Waals surface area contributed by atoms with Gasteiger partial charge in [0.25, 0.3) is 0 Å². The number of aliphatic carboxylic acids is 1. The maximum atomic E-state index is 11.3. The van der Waals surface area contributed by atoms with E-state index in [2.05, 4.69) is 23.6 Å². The van der Waals surface area contributed by atoms with Crippen molar-refractivity contribution in [1.82, 2.24) is 4.57 Å². The maximum Gasteiger partial charge on any atom is 0.347 e. The summed E-state index contributed by atoms with van der Waals surface area (Å²) >= 11 is 0. The van der Waals surface area contributed by atoms with Gasteiger partial charge in [-0.3, -0.25) is 0 Å². The number of benzene rings is 2. The molecule has 4 heteroatoms. The average molecular weight is 323 g/mol. The van der Waals surface area contributed by atoms with E-state index in [0.29, 0.717) is 5.75 Å². The molecule has 1 heterocycles. The number of hydrogen-bond acceptors (Lipinski definition) is 2. The van der Waals surface area contributed by atoms with Crippen LogP contribution in [0.3, 0.4) is 0 Å². The standard InChI is InChI=1S/C20H21NO3/c1-13-18(14-8-6-5-7-9-14)16-12-15(10-11-17(16)21(13)4)24-20(2,3)19(22)23/h5-12H,1-4H3,(H,22,23). The molecule has 0 unspecified atom stereocenters. The van der Waals surface area contributed by atoms with Gasteiger partial charge in [0.2, 0.25) is 0 Å². The summed E-state index contributed by atoms with van der Waals surface area (Å²) in [6, 6.07) is 15.9. The fraction of sp³-hybridized carbons (Fsp3) is 0.250. The Morgan fingerprint density at radius 1 is 1.12 bits per heavy atom. The minimum Gasteiger partial charge on any atom is -0.478 e. The van der Waals surface area contributed by atoms with Crippen LogP contribution in [0.4, 0.5) is 0 Å². The van der Waals surface area contributed by atoms with Gasteiger partial charge in [-0.05, 0) is 44.5 Å². The highest BCUT2D eigenvalue weighted by atomic mass is 16.5. The van der Waals surface area contributed by atoms with Gasteiger partial charge in [-0.2, -0.15) is 0 Å². The lowest BCUT2D eigenvalue weighted by atomic mass is 10.0. The van der Waals surface area contributed by atoms with Crippen LogP contribution in [0, 0.1) is 6.92 Å². The van der Waals surface area contributed by atoms with E-state index in [0.717, 1.165) is 27.7 Å². The smallest absolute Gasteiger partial charge is 0.347 e. The fourth-order valence-corrected chi connectivity index (χ4v) is 2.92. The van der Waals surface area contributed by atoms with Crippen molar-refractivity contribution in [2.75, 3.05) is 0 Å². The Morgan fingerprint density at radius 3 is 2.42 bits per heavy atom. The van der Waals surface area contributed by atoms with Crippen LogP contribution in [-0.2, 0) is 11.8 Å².